The van der Waals surface area contributed by atoms with Crippen LogP contribution in [-0.2, 0) is 6.42 Å². The lowest BCUT2D eigenvalue weighted by Gasteiger charge is -2.16. The zero-order chi connectivity index (χ0) is 16.9. The van der Waals surface area contributed by atoms with Crippen LogP contribution in [0.3, 0.4) is 0 Å². The molecule has 0 bridgehead atoms. The Bertz CT molecular complexity index is 908. The first-order valence-electron chi connectivity index (χ1n) is 7.51. The molecule has 5 heteroatoms. The standard InChI is InChI=1S/C19H15N3OS/c1-23-16-6-7-18-13(9-16)4-5-15(22-18)10-17(14(11-20)12-21)19-3-2-8-24-19/h2-9,14,17H,10H2,1H3. The molecule has 0 aliphatic carbocycles. The summed E-state index contributed by atoms with van der Waals surface area (Å²) >= 11 is 1.57. The van der Waals surface area contributed by atoms with Crippen LogP contribution >= 0.6 is 11.3 Å². The highest BCUT2D eigenvalue weighted by Crippen LogP contribution is 2.31. The number of aromatic nitrogens is 1. The van der Waals surface area contributed by atoms with Gasteiger partial charge in [-0.05, 0) is 42.1 Å². The van der Waals surface area contributed by atoms with Gasteiger partial charge in [-0.25, -0.2) is 0 Å². The van der Waals surface area contributed by atoms with Crippen LogP contribution in [0.25, 0.3) is 10.9 Å². The molecule has 0 saturated carbocycles. The number of rotatable bonds is 5. The predicted molar refractivity (Wildman–Crippen MR) is 93.8 cm³/mol. The first-order chi connectivity index (χ1) is 11.7. The smallest absolute Gasteiger partial charge is 0.141 e. The van der Waals surface area contributed by atoms with E-state index in [2.05, 4.69) is 17.1 Å². The Labute approximate surface area is 144 Å². The van der Waals surface area contributed by atoms with E-state index in [1.54, 1.807) is 18.4 Å². The number of fused-ring (bicyclic) bond motifs is 1. The van der Waals surface area contributed by atoms with Gasteiger partial charge in [-0.2, -0.15) is 10.5 Å². The number of ether oxygens (including phenoxy) is 1. The summed E-state index contributed by atoms with van der Waals surface area (Å²) in [5.41, 5.74) is 1.75. The van der Waals surface area contributed by atoms with E-state index in [-0.39, 0.29) is 5.92 Å². The first-order valence-corrected chi connectivity index (χ1v) is 8.39. The monoisotopic (exact) mass is 333 g/mol. The molecule has 118 valence electrons. The normalized spacial score (nSPS) is 11.8. The second-order valence-corrected chi connectivity index (χ2v) is 6.40. The Balaban J connectivity index is 1.94. The fourth-order valence-corrected chi connectivity index (χ4v) is 3.57. The lowest BCUT2D eigenvalue weighted by atomic mass is 9.88. The van der Waals surface area contributed by atoms with Gasteiger partial charge in [0.15, 0.2) is 0 Å². The topological polar surface area (TPSA) is 69.7 Å². The zero-order valence-electron chi connectivity index (χ0n) is 13.1. The molecule has 2 aromatic heterocycles. The molecule has 1 unspecified atom stereocenters. The van der Waals surface area contributed by atoms with E-state index in [1.165, 1.54) is 0 Å². The SMILES string of the molecule is COc1ccc2nc(CC(c3cccs3)C(C#N)C#N)ccc2c1. The minimum atomic E-state index is -0.683. The van der Waals surface area contributed by atoms with Gasteiger partial charge in [-0.15, -0.1) is 11.3 Å². The number of pyridine rings is 1. The van der Waals surface area contributed by atoms with E-state index in [1.807, 2.05) is 47.8 Å². The van der Waals surface area contributed by atoms with Gasteiger partial charge in [0, 0.05) is 21.9 Å². The highest BCUT2D eigenvalue weighted by atomic mass is 32.1. The predicted octanol–water partition coefficient (Wildman–Crippen LogP) is 4.29. The van der Waals surface area contributed by atoms with Crippen LogP contribution in [0.15, 0.2) is 47.8 Å². The van der Waals surface area contributed by atoms with Gasteiger partial charge < -0.3 is 4.74 Å². The van der Waals surface area contributed by atoms with Crippen molar-refractivity contribution in [2.45, 2.75) is 12.3 Å². The summed E-state index contributed by atoms with van der Waals surface area (Å²) in [4.78, 5) is 5.72. The molecule has 0 aliphatic rings. The maximum absolute atomic E-state index is 9.30. The number of hydrogen-bond donors (Lipinski definition) is 0. The van der Waals surface area contributed by atoms with Crippen LogP contribution in [-0.4, -0.2) is 12.1 Å². The number of methoxy groups -OCH3 is 1. The van der Waals surface area contributed by atoms with Gasteiger partial charge in [0.2, 0.25) is 0 Å². The molecule has 24 heavy (non-hydrogen) atoms. The minimum absolute atomic E-state index is 0.164. The Morgan fingerprint density at radius 3 is 2.67 bits per heavy atom. The van der Waals surface area contributed by atoms with Crippen LogP contribution in [0, 0.1) is 28.6 Å². The zero-order valence-corrected chi connectivity index (χ0v) is 14.0. The van der Waals surface area contributed by atoms with Crippen molar-refractivity contribution in [2.24, 2.45) is 5.92 Å². The second-order valence-electron chi connectivity index (χ2n) is 5.42. The molecule has 0 N–H and O–H groups in total. The van der Waals surface area contributed by atoms with Crippen molar-refractivity contribution in [1.82, 2.24) is 4.98 Å². The number of nitriles is 2. The molecule has 3 aromatic rings. The van der Waals surface area contributed by atoms with Crippen LogP contribution in [0.5, 0.6) is 5.75 Å². The summed E-state index contributed by atoms with van der Waals surface area (Å²) in [5.74, 6) is -0.0530. The van der Waals surface area contributed by atoms with Gasteiger partial charge in [-0.1, -0.05) is 12.1 Å². The molecule has 0 spiro atoms. The Kier molecular flexibility index (Phi) is 4.74. The van der Waals surface area contributed by atoms with E-state index in [0.717, 1.165) is 27.2 Å². The molecule has 0 saturated heterocycles. The Morgan fingerprint density at radius 2 is 2.00 bits per heavy atom. The van der Waals surface area contributed by atoms with Gasteiger partial charge in [0.25, 0.3) is 0 Å². The third-order valence-electron chi connectivity index (χ3n) is 3.97. The van der Waals surface area contributed by atoms with Gasteiger partial charge >= 0.3 is 0 Å². The lowest BCUT2D eigenvalue weighted by molar-refractivity contribution is 0.415. The van der Waals surface area contributed by atoms with E-state index in [9.17, 15) is 10.5 Å². The summed E-state index contributed by atoms with van der Waals surface area (Å²) in [7, 11) is 1.64. The van der Waals surface area contributed by atoms with E-state index in [0.29, 0.717) is 6.42 Å². The molecular weight excluding hydrogens is 318 g/mol. The van der Waals surface area contributed by atoms with Crippen molar-refractivity contribution in [3.8, 4) is 17.9 Å². The van der Waals surface area contributed by atoms with Crippen molar-refractivity contribution in [1.29, 1.82) is 10.5 Å². The highest BCUT2D eigenvalue weighted by Gasteiger charge is 2.25. The van der Waals surface area contributed by atoms with Crippen molar-refractivity contribution >= 4 is 22.2 Å². The number of hydrogen-bond acceptors (Lipinski definition) is 5. The summed E-state index contributed by atoms with van der Waals surface area (Å²) in [6, 6.07) is 17.8. The molecule has 4 nitrogen and oxygen atoms in total. The molecule has 0 fully saturated rings. The molecule has 0 amide bonds. The van der Waals surface area contributed by atoms with E-state index in [4.69, 9.17) is 4.74 Å². The average molecular weight is 333 g/mol. The van der Waals surface area contributed by atoms with E-state index < -0.39 is 5.92 Å². The van der Waals surface area contributed by atoms with Crippen LogP contribution < -0.4 is 4.74 Å². The fourth-order valence-electron chi connectivity index (χ4n) is 2.71. The first kappa shape index (κ1) is 16.0. The Morgan fingerprint density at radius 1 is 1.17 bits per heavy atom. The quantitative estimate of drug-likeness (QED) is 0.698. The minimum Gasteiger partial charge on any atom is -0.497 e. The molecule has 0 aliphatic heterocycles. The summed E-state index contributed by atoms with van der Waals surface area (Å²) in [6.45, 7) is 0. The second kappa shape index (κ2) is 7.12. The molecule has 3 rings (SSSR count). The molecular formula is C19H15N3OS. The fraction of sp³-hybridized carbons (Fsp3) is 0.211. The number of benzene rings is 1. The average Bonchev–Trinajstić information content (AvgIpc) is 3.15. The van der Waals surface area contributed by atoms with Gasteiger partial charge in [0.05, 0.1) is 24.8 Å². The molecule has 2 heterocycles. The van der Waals surface area contributed by atoms with Crippen molar-refractivity contribution in [3.63, 3.8) is 0 Å². The maximum atomic E-state index is 9.30. The maximum Gasteiger partial charge on any atom is 0.141 e. The Hall–Kier alpha value is -2.89. The largest absolute Gasteiger partial charge is 0.497 e. The summed E-state index contributed by atoms with van der Waals surface area (Å²) in [5, 5.41) is 21.6. The third-order valence-corrected chi connectivity index (χ3v) is 4.98. The molecule has 1 atom stereocenters. The van der Waals surface area contributed by atoms with Crippen molar-refractivity contribution in [3.05, 3.63) is 58.4 Å². The highest BCUT2D eigenvalue weighted by molar-refractivity contribution is 7.10. The van der Waals surface area contributed by atoms with Gasteiger partial charge in [-0.3, -0.25) is 4.98 Å². The van der Waals surface area contributed by atoms with Crippen molar-refractivity contribution < 1.29 is 4.74 Å². The van der Waals surface area contributed by atoms with Crippen LogP contribution in [0.4, 0.5) is 0 Å². The number of nitrogens with zero attached hydrogens (tertiary/aromatic N) is 3. The third kappa shape index (κ3) is 3.22. The lowest BCUT2D eigenvalue weighted by Crippen LogP contribution is -2.12. The summed E-state index contributed by atoms with van der Waals surface area (Å²) < 4.78 is 5.23. The molecule has 1 aromatic carbocycles. The van der Waals surface area contributed by atoms with Crippen molar-refractivity contribution in [2.75, 3.05) is 7.11 Å². The van der Waals surface area contributed by atoms with E-state index >= 15 is 0 Å². The number of thiophene rings is 1. The molecule has 0 radical (unpaired) electrons. The van der Waals surface area contributed by atoms with Crippen LogP contribution in [0.2, 0.25) is 0 Å². The van der Waals surface area contributed by atoms with Gasteiger partial charge in [0.1, 0.15) is 11.7 Å². The van der Waals surface area contributed by atoms with Crippen LogP contribution in [0.1, 0.15) is 16.5 Å². The summed E-state index contributed by atoms with van der Waals surface area (Å²) in [6.07, 6.45) is 0.564.